The Balaban J connectivity index is 1.95. The first-order chi connectivity index (χ1) is 11.6. The summed E-state index contributed by atoms with van der Waals surface area (Å²) in [5.41, 5.74) is 10.5. The number of benzene rings is 2. The fourth-order valence-electron chi connectivity index (χ4n) is 3.29. The lowest BCUT2D eigenvalue weighted by Gasteiger charge is -2.35. The van der Waals surface area contributed by atoms with Crippen molar-refractivity contribution >= 4 is 11.5 Å². The van der Waals surface area contributed by atoms with Crippen molar-refractivity contribution in [3.05, 3.63) is 59.2 Å². The number of fused-ring (bicyclic) bond motifs is 1. The molecule has 3 rings (SSSR count). The van der Waals surface area contributed by atoms with Crippen LogP contribution in [0.3, 0.4) is 0 Å². The van der Waals surface area contributed by atoms with Crippen molar-refractivity contribution < 1.29 is 9.53 Å². The Labute approximate surface area is 143 Å². The number of nitrogens with two attached hydrogens (primary N) is 1. The van der Waals surface area contributed by atoms with Crippen molar-refractivity contribution in [1.29, 1.82) is 0 Å². The molecule has 1 aliphatic heterocycles. The van der Waals surface area contributed by atoms with E-state index in [-0.39, 0.29) is 11.8 Å². The first-order valence-electron chi connectivity index (χ1n) is 8.43. The summed E-state index contributed by atoms with van der Waals surface area (Å²) >= 11 is 0. The average molecular weight is 324 g/mol. The molecule has 1 atom stereocenters. The van der Waals surface area contributed by atoms with E-state index < -0.39 is 0 Å². The molecule has 4 nitrogen and oxygen atoms in total. The van der Waals surface area contributed by atoms with Gasteiger partial charge in [0.1, 0.15) is 5.75 Å². The van der Waals surface area contributed by atoms with E-state index >= 15 is 0 Å². The number of ketones is 1. The minimum atomic E-state index is 0.0649. The molecule has 1 aliphatic rings. The van der Waals surface area contributed by atoms with Crippen molar-refractivity contribution in [2.75, 3.05) is 18.1 Å². The molecule has 0 spiro atoms. The molecule has 0 fully saturated rings. The summed E-state index contributed by atoms with van der Waals surface area (Å²) in [5, 5.41) is 0. The zero-order valence-electron chi connectivity index (χ0n) is 14.3. The molecule has 0 bridgehead atoms. The lowest BCUT2D eigenvalue weighted by Crippen LogP contribution is -2.42. The van der Waals surface area contributed by atoms with Gasteiger partial charge in [-0.3, -0.25) is 4.79 Å². The molecule has 0 radical (unpaired) electrons. The summed E-state index contributed by atoms with van der Waals surface area (Å²) in [7, 11) is 0. The molecule has 0 aromatic heterocycles. The van der Waals surface area contributed by atoms with Crippen molar-refractivity contribution in [1.82, 2.24) is 0 Å². The highest BCUT2D eigenvalue weighted by Crippen LogP contribution is 2.30. The molecule has 24 heavy (non-hydrogen) atoms. The number of carbonyl (C=O) groups excluding carboxylic acids is 1. The van der Waals surface area contributed by atoms with Crippen LogP contribution in [0, 0.1) is 0 Å². The summed E-state index contributed by atoms with van der Waals surface area (Å²) < 4.78 is 5.76. The maximum Gasteiger partial charge on any atom is 0.159 e. The van der Waals surface area contributed by atoms with Crippen LogP contribution in [0.5, 0.6) is 5.75 Å². The summed E-state index contributed by atoms with van der Waals surface area (Å²) in [6.07, 6.45) is 0.901. The molecule has 126 valence electrons. The predicted octanol–water partition coefficient (Wildman–Crippen LogP) is 3.18. The molecule has 2 aromatic carbocycles. The highest BCUT2D eigenvalue weighted by molar-refractivity contribution is 5.94. The van der Waals surface area contributed by atoms with Crippen molar-refractivity contribution in [2.24, 2.45) is 5.73 Å². The van der Waals surface area contributed by atoms with E-state index in [2.05, 4.69) is 29.2 Å². The number of para-hydroxylation sites is 1. The minimum absolute atomic E-state index is 0.0649. The third kappa shape index (κ3) is 3.44. The molecular weight excluding hydrogens is 300 g/mol. The van der Waals surface area contributed by atoms with Crippen molar-refractivity contribution in [2.45, 2.75) is 32.9 Å². The summed E-state index contributed by atoms with van der Waals surface area (Å²) in [5.74, 6) is 0.897. The van der Waals surface area contributed by atoms with Crippen LogP contribution < -0.4 is 15.4 Å². The van der Waals surface area contributed by atoms with Crippen molar-refractivity contribution in [3.63, 3.8) is 0 Å². The Kier molecular flexibility index (Phi) is 4.86. The fourth-order valence-corrected chi connectivity index (χ4v) is 3.29. The molecule has 0 aliphatic carbocycles. The highest BCUT2D eigenvalue weighted by Gasteiger charge is 2.23. The zero-order chi connectivity index (χ0) is 17.1. The van der Waals surface area contributed by atoms with Crippen LogP contribution in [0.15, 0.2) is 42.5 Å². The predicted molar refractivity (Wildman–Crippen MR) is 96.8 cm³/mol. The summed E-state index contributed by atoms with van der Waals surface area (Å²) in [6.45, 7) is 5.64. The van der Waals surface area contributed by atoms with E-state index in [1.807, 2.05) is 25.1 Å². The number of hydrogen-bond acceptors (Lipinski definition) is 4. The minimum Gasteiger partial charge on any atom is -0.494 e. The summed E-state index contributed by atoms with van der Waals surface area (Å²) in [4.78, 5) is 14.0. The zero-order valence-corrected chi connectivity index (χ0v) is 14.3. The van der Waals surface area contributed by atoms with E-state index in [1.54, 1.807) is 6.92 Å². The van der Waals surface area contributed by atoms with E-state index in [0.29, 0.717) is 18.7 Å². The van der Waals surface area contributed by atoms with Crippen LogP contribution in [-0.2, 0) is 13.0 Å². The molecular formula is C20H24N2O2. The Hall–Kier alpha value is -2.33. The molecule has 4 heteroatoms. The number of anilines is 1. The highest BCUT2D eigenvalue weighted by atomic mass is 16.5. The lowest BCUT2D eigenvalue weighted by atomic mass is 9.97. The Morgan fingerprint density at radius 3 is 2.83 bits per heavy atom. The average Bonchev–Trinajstić information content (AvgIpc) is 2.56. The number of rotatable bonds is 5. The first kappa shape index (κ1) is 16.5. The summed E-state index contributed by atoms with van der Waals surface area (Å²) in [6, 6.07) is 14.2. The molecule has 1 unspecified atom stereocenters. The van der Waals surface area contributed by atoms with E-state index in [1.165, 1.54) is 11.3 Å². The number of nitrogens with zero attached hydrogens (tertiary/aromatic N) is 1. The van der Waals surface area contributed by atoms with Crippen LogP contribution in [0.1, 0.15) is 35.3 Å². The molecule has 0 saturated heterocycles. The van der Waals surface area contributed by atoms with Gasteiger partial charge in [-0.05, 0) is 50.1 Å². The SMILES string of the molecule is CCOc1ccc(C(C)=O)cc1CN1CC(N)Cc2ccccc21. The smallest absolute Gasteiger partial charge is 0.159 e. The van der Waals surface area contributed by atoms with E-state index in [9.17, 15) is 4.79 Å². The van der Waals surface area contributed by atoms with Gasteiger partial charge in [-0.25, -0.2) is 0 Å². The largest absolute Gasteiger partial charge is 0.494 e. The van der Waals surface area contributed by atoms with E-state index in [0.717, 1.165) is 24.3 Å². The van der Waals surface area contributed by atoms with Crippen LogP contribution in [0.4, 0.5) is 5.69 Å². The van der Waals surface area contributed by atoms with Gasteiger partial charge in [0.2, 0.25) is 0 Å². The third-order valence-corrected chi connectivity index (χ3v) is 4.40. The van der Waals surface area contributed by atoms with Crippen LogP contribution in [0.2, 0.25) is 0 Å². The second kappa shape index (κ2) is 7.05. The maximum atomic E-state index is 11.7. The molecule has 0 saturated carbocycles. The van der Waals surface area contributed by atoms with Gasteiger partial charge in [0.25, 0.3) is 0 Å². The molecule has 1 heterocycles. The standard InChI is InChI=1S/C20H24N2O2/c1-3-24-20-9-8-15(14(2)23)10-17(20)12-22-13-18(21)11-16-6-4-5-7-19(16)22/h4-10,18H,3,11-13,21H2,1-2H3. The molecule has 0 amide bonds. The van der Waals surface area contributed by atoms with Crippen LogP contribution in [-0.4, -0.2) is 25.0 Å². The van der Waals surface area contributed by atoms with Gasteiger partial charge in [0.15, 0.2) is 5.78 Å². The second-order valence-corrected chi connectivity index (χ2v) is 6.29. The van der Waals surface area contributed by atoms with Gasteiger partial charge in [0.05, 0.1) is 6.61 Å². The van der Waals surface area contributed by atoms with Gasteiger partial charge >= 0.3 is 0 Å². The van der Waals surface area contributed by atoms with Crippen molar-refractivity contribution in [3.8, 4) is 5.75 Å². The second-order valence-electron chi connectivity index (χ2n) is 6.29. The third-order valence-electron chi connectivity index (χ3n) is 4.40. The topological polar surface area (TPSA) is 55.6 Å². The van der Waals surface area contributed by atoms with Crippen LogP contribution in [0.25, 0.3) is 0 Å². The molecule has 2 aromatic rings. The number of hydrogen-bond donors (Lipinski definition) is 1. The number of Topliss-reactive ketones (excluding diaryl/α,β-unsaturated/α-hetero) is 1. The monoisotopic (exact) mass is 324 g/mol. The van der Waals surface area contributed by atoms with Gasteiger partial charge < -0.3 is 15.4 Å². The van der Waals surface area contributed by atoms with E-state index in [4.69, 9.17) is 10.5 Å². The maximum absolute atomic E-state index is 11.7. The van der Waals surface area contributed by atoms with Gasteiger partial charge in [-0.15, -0.1) is 0 Å². The first-order valence-corrected chi connectivity index (χ1v) is 8.43. The number of ether oxygens (including phenoxy) is 1. The van der Waals surface area contributed by atoms with Crippen LogP contribution >= 0.6 is 0 Å². The fraction of sp³-hybridized carbons (Fsp3) is 0.350. The lowest BCUT2D eigenvalue weighted by molar-refractivity contribution is 0.101. The molecule has 2 N–H and O–H groups in total. The Bertz CT molecular complexity index is 742. The van der Waals surface area contributed by atoms with Gasteiger partial charge in [0, 0.05) is 35.9 Å². The quantitative estimate of drug-likeness (QED) is 0.858. The van der Waals surface area contributed by atoms with Gasteiger partial charge in [-0.1, -0.05) is 18.2 Å². The van der Waals surface area contributed by atoms with Gasteiger partial charge in [-0.2, -0.15) is 0 Å². The Morgan fingerprint density at radius 1 is 1.29 bits per heavy atom. The number of carbonyl (C=O) groups is 1. The Morgan fingerprint density at radius 2 is 2.08 bits per heavy atom. The normalized spacial score (nSPS) is 16.6.